The number of quaternary nitrogens is 1. The van der Waals surface area contributed by atoms with Crippen molar-refractivity contribution in [2.24, 2.45) is 0 Å². The summed E-state index contributed by atoms with van der Waals surface area (Å²) in [6.45, 7) is 4.47. The van der Waals surface area contributed by atoms with E-state index >= 15 is 0 Å². The van der Waals surface area contributed by atoms with Gasteiger partial charge in [-0.15, -0.1) is 0 Å². The van der Waals surface area contributed by atoms with Crippen LogP contribution in [0.15, 0.2) is 97.2 Å². The molecule has 0 aliphatic carbocycles. The molecule has 0 saturated carbocycles. The minimum Gasteiger partial charge on any atom is -0.477 e. The number of carboxylic acid groups (broad SMARTS) is 1. The molecular formula is C55H92NO7+. The highest BCUT2D eigenvalue weighted by atomic mass is 16.6. The molecule has 0 bridgehead atoms. The molecule has 2 unspecified atom stereocenters. The van der Waals surface area contributed by atoms with Crippen LogP contribution in [-0.4, -0.2) is 80.6 Å². The van der Waals surface area contributed by atoms with Crippen molar-refractivity contribution in [3.8, 4) is 0 Å². The van der Waals surface area contributed by atoms with Gasteiger partial charge in [-0.2, -0.15) is 0 Å². The van der Waals surface area contributed by atoms with Crippen molar-refractivity contribution < 1.29 is 38.2 Å². The summed E-state index contributed by atoms with van der Waals surface area (Å²) in [5.41, 5.74) is 0. The summed E-state index contributed by atoms with van der Waals surface area (Å²) in [5, 5.41) is 9.65. The molecule has 0 fully saturated rings. The van der Waals surface area contributed by atoms with E-state index in [4.69, 9.17) is 14.2 Å². The molecule has 2 atom stereocenters. The van der Waals surface area contributed by atoms with E-state index in [0.29, 0.717) is 12.8 Å². The molecule has 0 aromatic rings. The molecule has 0 aromatic heterocycles. The van der Waals surface area contributed by atoms with Crippen LogP contribution in [0.2, 0.25) is 0 Å². The fraction of sp³-hybridized carbons (Fsp3) is 0.655. The van der Waals surface area contributed by atoms with Crippen molar-refractivity contribution in [3.05, 3.63) is 97.2 Å². The molecule has 0 amide bonds. The first-order valence-corrected chi connectivity index (χ1v) is 24.8. The van der Waals surface area contributed by atoms with Gasteiger partial charge in [0.15, 0.2) is 12.1 Å². The van der Waals surface area contributed by atoms with Crippen LogP contribution in [0, 0.1) is 0 Å². The number of unbranched alkanes of at least 4 members (excludes halogenated alkanes) is 13. The van der Waals surface area contributed by atoms with E-state index in [2.05, 4.69) is 111 Å². The molecule has 0 aliphatic rings. The standard InChI is InChI=1S/C55H91NO7/c1-6-8-10-12-14-16-18-20-22-24-26-28-29-31-33-35-37-39-41-43-45-53(57)62-50-51(49-61-48-47-52(55(59)60)56(3,4)5)63-54(58)46-44-42-40-38-36-34-32-30-27-25-23-21-19-17-15-13-11-9-7-2/h8-11,14-17,20-23,27,30,34,36,51-52H,6-7,12-13,18-19,24-26,28-29,31-33,35,37-50H2,1-5H3/p+1/b10-8+,11-9+,16-14+,17-15+,22-20+,23-21+,30-27+,36-34+. The van der Waals surface area contributed by atoms with Crippen LogP contribution in [0.3, 0.4) is 0 Å². The molecule has 1 N–H and O–H groups in total. The van der Waals surface area contributed by atoms with Crippen LogP contribution in [0.5, 0.6) is 0 Å². The summed E-state index contributed by atoms with van der Waals surface area (Å²) in [5.74, 6) is -1.52. The first kappa shape index (κ1) is 59.2. The monoisotopic (exact) mass is 879 g/mol. The highest BCUT2D eigenvalue weighted by Gasteiger charge is 2.31. The lowest BCUT2D eigenvalue weighted by Crippen LogP contribution is -2.50. The maximum absolute atomic E-state index is 12.8. The van der Waals surface area contributed by atoms with E-state index in [1.807, 2.05) is 21.1 Å². The van der Waals surface area contributed by atoms with Crippen LogP contribution in [-0.2, 0) is 28.6 Å². The minimum absolute atomic E-state index is 0.0407. The van der Waals surface area contributed by atoms with Gasteiger partial charge in [-0.25, -0.2) is 4.79 Å². The van der Waals surface area contributed by atoms with Gasteiger partial charge in [-0.1, -0.05) is 169 Å². The first-order chi connectivity index (χ1) is 30.6. The molecule has 8 nitrogen and oxygen atoms in total. The van der Waals surface area contributed by atoms with Gasteiger partial charge in [0, 0.05) is 19.3 Å². The van der Waals surface area contributed by atoms with Crippen molar-refractivity contribution in [2.45, 2.75) is 193 Å². The van der Waals surface area contributed by atoms with Crippen LogP contribution >= 0.6 is 0 Å². The predicted molar refractivity (Wildman–Crippen MR) is 266 cm³/mol. The lowest BCUT2D eigenvalue weighted by Gasteiger charge is -2.31. The number of esters is 2. The Hall–Kier alpha value is -3.75. The molecule has 0 radical (unpaired) electrons. The minimum atomic E-state index is -0.885. The highest BCUT2D eigenvalue weighted by molar-refractivity contribution is 5.72. The number of rotatable bonds is 43. The number of carbonyl (C=O) groups is 3. The molecule has 8 heteroatoms. The Kier molecular flexibility index (Phi) is 42.2. The second-order valence-corrected chi connectivity index (χ2v) is 17.3. The molecular weight excluding hydrogens is 787 g/mol. The van der Waals surface area contributed by atoms with E-state index in [1.165, 1.54) is 51.4 Å². The number of hydrogen-bond acceptors (Lipinski definition) is 6. The summed E-state index contributed by atoms with van der Waals surface area (Å²) in [7, 11) is 5.51. The van der Waals surface area contributed by atoms with Crippen LogP contribution < -0.4 is 0 Å². The Labute approximate surface area is 386 Å². The second-order valence-electron chi connectivity index (χ2n) is 17.3. The molecule has 0 heterocycles. The van der Waals surface area contributed by atoms with E-state index in [1.54, 1.807) is 0 Å². The van der Waals surface area contributed by atoms with Crippen molar-refractivity contribution in [2.75, 3.05) is 41.0 Å². The SMILES string of the molecule is CC/C=C/C/C=C/C/C=C/C/C=C/C/C=C/CCCCCC(=O)OC(COCCC(C(=O)O)[N+](C)(C)C)COC(=O)CCCCCCCCCCCC/C=C/C/C=C/C/C=C/CC. The van der Waals surface area contributed by atoms with E-state index in [9.17, 15) is 19.5 Å². The number of nitrogens with zero attached hydrogens (tertiary/aromatic N) is 1. The van der Waals surface area contributed by atoms with Gasteiger partial charge in [-0.3, -0.25) is 9.59 Å². The number of ether oxygens (including phenoxy) is 3. The number of likely N-dealkylation sites (N-methyl/N-ethyl adjacent to an activating group) is 1. The number of allylic oxidation sites excluding steroid dienone is 16. The average Bonchev–Trinajstić information content (AvgIpc) is 3.24. The smallest absolute Gasteiger partial charge is 0.362 e. The summed E-state index contributed by atoms with van der Waals surface area (Å²) >= 11 is 0. The number of aliphatic carboxylic acids is 1. The largest absolute Gasteiger partial charge is 0.477 e. The second kappa shape index (κ2) is 44.8. The number of carbonyl (C=O) groups excluding carboxylic acids is 2. The van der Waals surface area contributed by atoms with Crippen molar-refractivity contribution in [1.82, 2.24) is 0 Å². The lowest BCUT2D eigenvalue weighted by atomic mass is 10.1. The van der Waals surface area contributed by atoms with Gasteiger partial charge >= 0.3 is 17.9 Å². The van der Waals surface area contributed by atoms with Gasteiger partial charge in [0.05, 0.1) is 34.4 Å². The topological polar surface area (TPSA) is 99.1 Å². The summed E-state index contributed by atoms with van der Waals surface area (Å²) in [4.78, 5) is 37.1. The third-order valence-corrected chi connectivity index (χ3v) is 10.5. The zero-order chi connectivity index (χ0) is 46.3. The van der Waals surface area contributed by atoms with Crippen molar-refractivity contribution >= 4 is 17.9 Å². The Morgan fingerprint density at radius 3 is 1.25 bits per heavy atom. The molecule has 358 valence electrons. The van der Waals surface area contributed by atoms with E-state index in [-0.39, 0.29) is 42.7 Å². The maximum atomic E-state index is 12.8. The van der Waals surface area contributed by atoms with Crippen LogP contribution in [0.4, 0.5) is 0 Å². The average molecular weight is 879 g/mol. The van der Waals surface area contributed by atoms with Gasteiger partial charge < -0.3 is 23.8 Å². The van der Waals surface area contributed by atoms with Crippen molar-refractivity contribution in [1.29, 1.82) is 0 Å². The van der Waals surface area contributed by atoms with Gasteiger partial charge in [-0.05, 0) is 89.9 Å². The van der Waals surface area contributed by atoms with E-state index < -0.39 is 18.1 Å². The fourth-order valence-electron chi connectivity index (χ4n) is 6.72. The molecule has 0 aliphatic heterocycles. The number of hydrogen-bond donors (Lipinski definition) is 1. The number of carboxylic acids is 1. The first-order valence-electron chi connectivity index (χ1n) is 24.8. The van der Waals surface area contributed by atoms with Gasteiger partial charge in [0.2, 0.25) is 0 Å². The zero-order valence-electron chi connectivity index (χ0n) is 40.7. The molecule has 63 heavy (non-hydrogen) atoms. The van der Waals surface area contributed by atoms with Crippen molar-refractivity contribution in [3.63, 3.8) is 0 Å². The highest BCUT2D eigenvalue weighted by Crippen LogP contribution is 2.14. The predicted octanol–water partition coefficient (Wildman–Crippen LogP) is 14.2. The normalized spacial score (nSPS) is 13.7. The summed E-state index contributed by atoms with van der Waals surface area (Å²) < 4.78 is 17.3. The molecule has 0 rings (SSSR count). The molecule has 0 spiro atoms. The Morgan fingerprint density at radius 1 is 0.476 bits per heavy atom. The lowest BCUT2D eigenvalue weighted by molar-refractivity contribution is -0.887. The third-order valence-electron chi connectivity index (χ3n) is 10.5. The van der Waals surface area contributed by atoms with Gasteiger partial charge in [0.1, 0.15) is 6.61 Å². The van der Waals surface area contributed by atoms with Crippen LogP contribution in [0.25, 0.3) is 0 Å². The third kappa shape index (κ3) is 43.3. The fourth-order valence-corrected chi connectivity index (χ4v) is 6.72. The van der Waals surface area contributed by atoms with Crippen LogP contribution in [0.1, 0.15) is 181 Å². The Balaban J connectivity index is 4.35. The zero-order valence-corrected chi connectivity index (χ0v) is 40.7. The quantitative estimate of drug-likeness (QED) is 0.0282. The Morgan fingerprint density at radius 2 is 0.841 bits per heavy atom. The summed E-state index contributed by atoms with van der Waals surface area (Å²) in [6, 6.07) is -0.627. The maximum Gasteiger partial charge on any atom is 0.362 e. The summed E-state index contributed by atoms with van der Waals surface area (Å²) in [6.07, 6.45) is 60.3. The van der Waals surface area contributed by atoms with E-state index in [0.717, 1.165) is 96.3 Å². The molecule has 0 aromatic carbocycles. The Bertz CT molecular complexity index is 1350. The molecule has 0 saturated heterocycles. The van der Waals surface area contributed by atoms with Gasteiger partial charge in [0.25, 0.3) is 0 Å².